The molecule has 3 aromatic rings. The van der Waals surface area contributed by atoms with E-state index in [2.05, 4.69) is 0 Å². The minimum absolute atomic E-state index is 0.0715. The van der Waals surface area contributed by atoms with Crippen LogP contribution in [0.1, 0.15) is 5.56 Å². The molecular weight excluding hydrogens is 322 g/mol. The van der Waals surface area contributed by atoms with Crippen molar-refractivity contribution in [3.05, 3.63) is 58.4 Å². The van der Waals surface area contributed by atoms with Crippen LogP contribution >= 0.6 is 0 Å². The molecule has 2 aromatic carbocycles. The maximum Gasteiger partial charge on any atom is 0.235 e. The van der Waals surface area contributed by atoms with Crippen molar-refractivity contribution in [1.29, 1.82) is 0 Å². The van der Waals surface area contributed by atoms with Crippen LogP contribution in [0.4, 0.5) is 0 Å². The fraction of sp³-hybridized carbons (Fsp3) is 0.211. The first-order valence-corrected chi connectivity index (χ1v) is 7.72. The van der Waals surface area contributed by atoms with Gasteiger partial charge in [0.05, 0.1) is 18.1 Å². The van der Waals surface area contributed by atoms with Gasteiger partial charge in [-0.25, -0.2) is 0 Å². The molecule has 3 rings (SSSR count). The van der Waals surface area contributed by atoms with E-state index in [-0.39, 0.29) is 16.9 Å². The molecule has 0 aliphatic rings. The SMILES string of the molecule is COc1cccc(Oc2coc3c(CN(C)C)c(O)ccc3c2=O)c1. The monoisotopic (exact) mass is 341 g/mol. The van der Waals surface area contributed by atoms with Crippen molar-refractivity contribution in [2.24, 2.45) is 0 Å². The lowest BCUT2D eigenvalue weighted by atomic mass is 10.1. The zero-order chi connectivity index (χ0) is 18.0. The van der Waals surface area contributed by atoms with Gasteiger partial charge < -0.3 is 23.9 Å². The number of phenolic OH excluding ortho intramolecular Hbond substituents is 1. The van der Waals surface area contributed by atoms with Gasteiger partial charge in [-0.05, 0) is 38.4 Å². The van der Waals surface area contributed by atoms with E-state index in [1.807, 2.05) is 19.0 Å². The molecule has 0 saturated carbocycles. The number of hydrogen-bond donors (Lipinski definition) is 1. The largest absolute Gasteiger partial charge is 0.507 e. The van der Waals surface area contributed by atoms with Crippen LogP contribution in [0.25, 0.3) is 11.0 Å². The molecule has 0 spiro atoms. The van der Waals surface area contributed by atoms with Gasteiger partial charge in [0.15, 0.2) is 0 Å². The highest BCUT2D eigenvalue weighted by atomic mass is 16.5. The number of methoxy groups -OCH3 is 1. The van der Waals surface area contributed by atoms with E-state index in [1.54, 1.807) is 31.4 Å². The molecule has 0 aliphatic carbocycles. The van der Waals surface area contributed by atoms with Gasteiger partial charge in [-0.15, -0.1) is 0 Å². The normalized spacial score (nSPS) is 11.0. The lowest BCUT2D eigenvalue weighted by molar-refractivity contribution is 0.382. The number of hydrogen-bond acceptors (Lipinski definition) is 6. The molecule has 0 atom stereocenters. The molecule has 6 nitrogen and oxygen atoms in total. The molecule has 0 aliphatic heterocycles. The van der Waals surface area contributed by atoms with Gasteiger partial charge >= 0.3 is 0 Å². The van der Waals surface area contributed by atoms with Crippen LogP contribution < -0.4 is 14.9 Å². The lowest BCUT2D eigenvalue weighted by Crippen LogP contribution is -2.12. The van der Waals surface area contributed by atoms with Gasteiger partial charge in [0.25, 0.3) is 0 Å². The zero-order valence-corrected chi connectivity index (χ0v) is 14.3. The van der Waals surface area contributed by atoms with Gasteiger partial charge in [0, 0.05) is 12.6 Å². The average molecular weight is 341 g/mol. The zero-order valence-electron chi connectivity index (χ0n) is 14.3. The second-order valence-corrected chi connectivity index (χ2v) is 5.89. The highest BCUT2D eigenvalue weighted by Gasteiger charge is 2.16. The third kappa shape index (κ3) is 3.44. The van der Waals surface area contributed by atoms with Crippen LogP contribution in [0, 0.1) is 0 Å². The maximum absolute atomic E-state index is 12.7. The number of nitrogens with zero attached hydrogens (tertiary/aromatic N) is 1. The predicted molar refractivity (Wildman–Crippen MR) is 94.6 cm³/mol. The minimum atomic E-state index is -0.302. The summed E-state index contributed by atoms with van der Waals surface area (Å²) in [5, 5.41) is 10.4. The predicted octanol–water partition coefficient (Wildman–Crippen LogP) is 3.36. The molecule has 25 heavy (non-hydrogen) atoms. The Balaban J connectivity index is 2.05. The van der Waals surface area contributed by atoms with Gasteiger partial charge in [-0.3, -0.25) is 4.79 Å². The van der Waals surface area contributed by atoms with Crippen molar-refractivity contribution >= 4 is 11.0 Å². The number of rotatable bonds is 5. The molecule has 0 saturated heterocycles. The molecule has 0 amide bonds. The van der Waals surface area contributed by atoms with Gasteiger partial charge in [-0.1, -0.05) is 6.07 Å². The number of benzene rings is 2. The van der Waals surface area contributed by atoms with Crippen molar-refractivity contribution in [2.45, 2.75) is 6.54 Å². The van der Waals surface area contributed by atoms with Crippen LogP contribution in [0.2, 0.25) is 0 Å². The van der Waals surface area contributed by atoms with E-state index < -0.39 is 0 Å². The van der Waals surface area contributed by atoms with E-state index >= 15 is 0 Å². The molecular formula is C19H19NO5. The Morgan fingerprint density at radius 3 is 2.64 bits per heavy atom. The Bertz CT molecular complexity index is 962. The molecule has 6 heteroatoms. The van der Waals surface area contributed by atoms with Crippen LogP contribution in [0.3, 0.4) is 0 Å². The summed E-state index contributed by atoms with van der Waals surface area (Å²) < 4.78 is 16.4. The van der Waals surface area contributed by atoms with E-state index in [4.69, 9.17) is 13.9 Å². The van der Waals surface area contributed by atoms with Crippen molar-refractivity contribution in [1.82, 2.24) is 4.90 Å². The summed E-state index contributed by atoms with van der Waals surface area (Å²) in [6, 6.07) is 9.98. The van der Waals surface area contributed by atoms with E-state index in [0.29, 0.717) is 34.6 Å². The summed E-state index contributed by atoms with van der Waals surface area (Å²) in [6.45, 7) is 0.447. The first-order chi connectivity index (χ1) is 12.0. The second-order valence-electron chi connectivity index (χ2n) is 5.89. The van der Waals surface area contributed by atoms with Crippen LogP contribution in [0.5, 0.6) is 23.0 Å². The van der Waals surface area contributed by atoms with Gasteiger partial charge in [0.1, 0.15) is 29.1 Å². The number of aromatic hydroxyl groups is 1. The fourth-order valence-electron chi connectivity index (χ4n) is 2.56. The number of ether oxygens (including phenoxy) is 2. The number of phenols is 1. The minimum Gasteiger partial charge on any atom is -0.507 e. The van der Waals surface area contributed by atoms with Crippen LogP contribution in [0.15, 0.2) is 51.9 Å². The molecule has 130 valence electrons. The Morgan fingerprint density at radius 2 is 1.92 bits per heavy atom. The molecule has 0 fully saturated rings. The van der Waals surface area contributed by atoms with E-state index in [9.17, 15) is 9.90 Å². The summed E-state index contributed by atoms with van der Waals surface area (Å²) in [6.07, 6.45) is 1.27. The third-order valence-corrected chi connectivity index (χ3v) is 3.73. The second kappa shape index (κ2) is 6.86. The van der Waals surface area contributed by atoms with Gasteiger partial charge in [-0.2, -0.15) is 0 Å². The fourth-order valence-corrected chi connectivity index (χ4v) is 2.56. The summed E-state index contributed by atoms with van der Waals surface area (Å²) >= 11 is 0. The van der Waals surface area contributed by atoms with E-state index in [1.165, 1.54) is 18.4 Å². The lowest BCUT2D eigenvalue weighted by Gasteiger charge is -2.13. The Kier molecular flexibility index (Phi) is 4.63. The highest BCUT2D eigenvalue weighted by molar-refractivity contribution is 5.83. The molecule has 1 aromatic heterocycles. The maximum atomic E-state index is 12.7. The Morgan fingerprint density at radius 1 is 1.16 bits per heavy atom. The van der Waals surface area contributed by atoms with Crippen molar-refractivity contribution in [3.63, 3.8) is 0 Å². The van der Waals surface area contributed by atoms with Crippen molar-refractivity contribution < 1.29 is 19.0 Å². The standard InChI is InChI=1S/C19H19NO5/c1-20(2)10-15-16(21)8-7-14-18(22)17(11-24-19(14)15)25-13-6-4-5-12(9-13)23-3/h4-9,11,21H,10H2,1-3H3. The average Bonchev–Trinajstić information content (AvgIpc) is 2.59. The summed E-state index contributed by atoms with van der Waals surface area (Å²) in [5.74, 6) is 1.26. The highest BCUT2D eigenvalue weighted by Crippen LogP contribution is 2.29. The molecule has 1 N–H and O–H groups in total. The van der Waals surface area contributed by atoms with Crippen LogP contribution in [-0.4, -0.2) is 31.2 Å². The summed E-state index contributed by atoms with van der Waals surface area (Å²) in [5.41, 5.74) is 0.619. The number of fused-ring (bicyclic) bond motifs is 1. The Hall–Kier alpha value is -2.99. The molecule has 0 radical (unpaired) electrons. The summed E-state index contributed by atoms with van der Waals surface area (Å²) in [7, 11) is 5.30. The van der Waals surface area contributed by atoms with Crippen molar-refractivity contribution in [2.75, 3.05) is 21.2 Å². The molecule has 0 unspecified atom stereocenters. The molecule has 0 bridgehead atoms. The molecule has 1 heterocycles. The third-order valence-electron chi connectivity index (χ3n) is 3.73. The van der Waals surface area contributed by atoms with E-state index in [0.717, 1.165) is 0 Å². The van der Waals surface area contributed by atoms with Crippen molar-refractivity contribution in [3.8, 4) is 23.0 Å². The van der Waals surface area contributed by atoms with Gasteiger partial charge in [0.2, 0.25) is 11.2 Å². The quantitative estimate of drug-likeness (QED) is 0.767. The smallest absolute Gasteiger partial charge is 0.235 e. The van der Waals surface area contributed by atoms with Crippen LogP contribution in [-0.2, 0) is 6.54 Å². The first kappa shape index (κ1) is 16.9. The topological polar surface area (TPSA) is 72.1 Å². The summed E-state index contributed by atoms with van der Waals surface area (Å²) in [4.78, 5) is 14.6. The first-order valence-electron chi connectivity index (χ1n) is 7.72. The Labute approximate surface area is 144 Å².